The van der Waals surface area contributed by atoms with Crippen molar-refractivity contribution in [2.24, 2.45) is 11.8 Å². The number of pyridine rings is 4. The van der Waals surface area contributed by atoms with Crippen LogP contribution in [0.5, 0.6) is 0 Å². The van der Waals surface area contributed by atoms with Gasteiger partial charge in [0.2, 0.25) is 0 Å². The van der Waals surface area contributed by atoms with Gasteiger partial charge >= 0.3 is 0 Å². The van der Waals surface area contributed by atoms with Gasteiger partial charge in [-0.3, -0.25) is 85.6 Å². The molecular formula is C118H146Cl2N6O12. The number of nitrogens with zero attached hydrogens (tertiary/aromatic N) is 6. The van der Waals surface area contributed by atoms with Crippen molar-refractivity contribution in [2.45, 2.75) is 412 Å². The largest absolute Gasteiger partial charge is 0.274 e. The number of hydrogen-bond acceptors (Lipinski definition) is 12. The van der Waals surface area contributed by atoms with Crippen molar-refractivity contribution in [3.63, 3.8) is 0 Å². The molecule has 734 valence electrons. The maximum absolute atomic E-state index is 17.4. The molecular weight excluding hydrogens is 1760 g/mol. The highest BCUT2D eigenvalue weighted by molar-refractivity contribution is 6.52. The normalized spacial score (nSPS) is 16.4. The Labute approximate surface area is 820 Å². The Morgan fingerprint density at radius 2 is 0.486 bits per heavy atom. The van der Waals surface area contributed by atoms with Crippen molar-refractivity contribution in [1.29, 1.82) is 0 Å². The zero-order valence-electron chi connectivity index (χ0n) is 83.7. The Bertz CT molecular complexity index is 6940. The van der Waals surface area contributed by atoms with Gasteiger partial charge in [0.25, 0.3) is 68.1 Å². The lowest BCUT2D eigenvalue weighted by molar-refractivity contribution is 0.0584. The molecule has 2 aliphatic heterocycles. The van der Waals surface area contributed by atoms with Gasteiger partial charge in [-0.1, -0.05) is 338 Å². The Morgan fingerprint density at radius 3 is 0.804 bits per heavy atom. The topological polar surface area (TPSA) is 231 Å². The lowest BCUT2D eigenvalue weighted by Gasteiger charge is -2.49. The first-order chi connectivity index (χ1) is 67.1. The van der Waals surface area contributed by atoms with Crippen LogP contribution in [-0.2, 0) is 35.9 Å². The molecule has 4 atom stereocenters. The van der Waals surface area contributed by atoms with E-state index in [4.69, 9.17) is 0 Å². The number of imide groups is 2. The maximum Gasteiger partial charge on any atom is 0.262 e. The third-order valence-electron chi connectivity index (χ3n) is 32.8. The van der Waals surface area contributed by atoms with Crippen molar-refractivity contribution in [2.75, 3.05) is 13.1 Å². The highest BCUT2D eigenvalue weighted by Crippen LogP contribution is 2.67. The van der Waals surface area contributed by atoms with Gasteiger partial charge in [-0.25, -0.2) is 0 Å². The van der Waals surface area contributed by atoms with E-state index in [0.717, 1.165) is 257 Å². The van der Waals surface area contributed by atoms with E-state index in [1.807, 2.05) is 0 Å². The van der Waals surface area contributed by atoms with Crippen LogP contribution in [0.15, 0.2) is 74.8 Å². The Balaban J connectivity index is 1.08. The summed E-state index contributed by atoms with van der Waals surface area (Å²) < 4.78 is 5.22. The zero-order valence-corrected chi connectivity index (χ0v) is 85.2. The van der Waals surface area contributed by atoms with Crippen LogP contribution >= 0.6 is 23.2 Å². The number of carbonyl (C=O) groups is 4. The molecule has 12 aromatic rings. The molecule has 4 amide bonds. The van der Waals surface area contributed by atoms with E-state index in [0.29, 0.717) is 75.0 Å². The predicted molar refractivity (Wildman–Crippen MR) is 570 cm³/mol. The molecule has 3 aliphatic carbocycles. The summed E-state index contributed by atoms with van der Waals surface area (Å²) in [5, 5.41) is 2.62. The fourth-order valence-corrected chi connectivity index (χ4v) is 26.4. The summed E-state index contributed by atoms with van der Waals surface area (Å²) in [6.45, 7) is 17.3. The lowest BCUT2D eigenvalue weighted by Crippen LogP contribution is -2.52. The number of hydrogen-bond donors (Lipinski definition) is 0. The molecule has 0 saturated heterocycles. The van der Waals surface area contributed by atoms with E-state index in [9.17, 15) is 23.2 Å². The van der Waals surface area contributed by atoms with Gasteiger partial charge in [-0.05, 0) is 142 Å². The summed E-state index contributed by atoms with van der Waals surface area (Å²) in [5.74, 6) is -2.62. The van der Waals surface area contributed by atoms with Gasteiger partial charge in [0.1, 0.15) is 9.75 Å². The molecule has 0 fully saturated rings. The van der Waals surface area contributed by atoms with E-state index < -0.39 is 77.9 Å². The summed E-state index contributed by atoms with van der Waals surface area (Å²) in [7, 11) is 0. The van der Waals surface area contributed by atoms with Gasteiger partial charge in [0, 0.05) is 137 Å². The average molecular weight is 1910 g/mol. The lowest BCUT2D eigenvalue weighted by atomic mass is 9.60. The molecule has 0 bridgehead atoms. The van der Waals surface area contributed by atoms with Gasteiger partial charge in [-0.15, -0.1) is 23.2 Å². The molecule has 0 N–H and O–H groups in total. The molecule has 20 heteroatoms. The summed E-state index contributed by atoms with van der Waals surface area (Å²) in [6.07, 6.45) is 48.7. The van der Waals surface area contributed by atoms with Crippen molar-refractivity contribution in [1.82, 2.24) is 28.1 Å². The molecule has 0 saturated carbocycles. The molecule has 0 radical (unpaired) electrons. The minimum Gasteiger partial charge on any atom is -0.274 e. The van der Waals surface area contributed by atoms with Crippen LogP contribution in [0.25, 0.3) is 120 Å². The molecule has 138 heavy (non-hydrogen) atoms. The van der Waals surface area contributed by atoms with E-state index in [1.165, 1.54) is 28.1 Å². The monoisotopic (exact) mass is 1910 g/mol. The van der Waals surface area contributed by atoms with Crippen LogP contribution in [0.4, 0.5) is 0 Å². The molecule has 8 aromatic carbocycles. The second-order valence-corrected chi connectivity index (χ2v) is 43.3. The van der Waals surface area contributed by atoms with Crippen LogP contribution in [-0.4, -0.2) is 64.8 Å². The highest BCUT2D eigenvalue weighted by atomic mass is 35.5. The highest BCUT2D eigenvalue weighted by Gasteiger charge is 2.59. The first-order valence-corrected chi connectivity index (χ1v) is 55.4. The van der Waals surface area contributed by atoms with Crippen LogP contribution in [0.1, 0.15) is 440 Å². The third-order valence-corrected chi connectivity index (χ3v) is 33.7. The number of benzene rings is 8. The van der Waals surface area contributed by atoms with Crippen molar-refractivity contribution >= 4 is 167 Å². The fourth-order valence-electron chi connectivity index (χ4n) is 25.5. The number of fused-ring (bicyclic) bond motifs is 10. The smallest absolute Gasteiger partial charge is 0.262 e. The van der Waals surface area contributed by atoms with Gasteiger partial charge in [0.05, 0.1) is 21.9 Å². The first-order valence-electron chi connectivity index (χ1n) is 54.6. The zero-order chi connectivity index (χ0) is 97.1. The Morgan fingerprint density at radius 1 is 0.225 bits per heavy atom. The summed E-state index contributed by atoms with van der Waals surface area (Å²) in [4.78, 5) is 200. The molecule has 18 nitrogen and oxygen atoms in total. The van der Waals surface area contributed by atoms with E-state index in [-0.39, 0.29) is 203 Å². The number of carbonyl (C=O) groups excluding carboxylic acids is 4. The second-order valence-electron chi connectivity index (χ2n) is 42.1. The van der Waals surface area contributed by atoms with Crippen LogP contribution < -0.4 is 54.9 Å². The SMILES string of the molecule is CCCCCCCCC(CCCCCC)CCn1c(=O)c2c3c(cc4c5c3c3c6c7c8c(c(=O)n(CCC(CCCCCC)CCCCCCCC)c(=O)c8cc(c75)c5c7c(=O)n(CCCCCCCC)c(=O)c8ccc9c(=O)n(CCCCCCCC)c(=O)c(c9c87)c45)=CC6(Cl)c4c(c5c6c(ccc7c6c4C(=O)N(CCCCCCCC)C7=O)C(=O)N(CCCCCCCC)C5=O)C3(Cl)C=2)c1=O. The van der Waals surface area contributed by atoms with Crippen LogP contribution in [0.3, 0.4) is 0 Å². The van der Waals surface area contributed by atoms with Gasteiger partial charge < -0.3 is 0 Å². The van der Waals surface area contributed by atoms with Gasteiger partial charge in [-0.2, -0.15) is 0 Å². The number of halogens is 2. The first kappa shape index (κ1) is 100. The third kappa shape index (κ3) is 17.6. The summed E-state index contributed by atoms with van der Waals surface area (Å²) in [6, 6.07) is 9.88. The minimum atomic E-state index is -2.39. The molecule has 4 aromatic heterocycles. The number of rotatable bonds is 58. The standard InChI is InChI=1S/C118H146Cl2N6O12/c1-9-17-25-33-39-47-55-73(53-45-31-23-15-7)61-67-125-109(131)81-69-79-91-92-80(94-93(79)97-87-75(105(127)121(113(97)135)63-49-41-35-27-19-11-3)57-58-76-88(87)98(94)114(136)122(106(76)128)64-50-42-36-28-20-12-4)70-82-86-84(112(134)126(110(82)132)68-62-74(54-46-32-24-16-8)56-48-40-34-26-18-10-2)72-118(120)102(96(86)92)101-95(91)85(81)83(111(125)133)71-117(101,119)103-99-89-77(107(129)123(115(99)137)65-51-43-37-29-21-13-5)59-60-78-90(89)100(104(103)118)116(138)124(108(78)130)66-52-44-38-30-22-14-6/h57-60,69-74H,9-56,61-68H2,1-8H3. The van der Waals surface area contributed by atoms with E-state index >= 15 is 57.5 Å². The Hall–Kier alpha value is -9.52. The van der Waals surface area contributed by atoms with Crippen LogP contribution in [0, 0.1) is 11.8 Å². The number of amides is 4. The maximum atomic E-state index is 17.4. The quantitative estimate of drug-likeness (QED) is 0.0114. The molecule has 4 unspecified atom stereocenters. The van der Waals surface area contributed by atoms with Crippen molar-refractivity contribution in [3.8, 4) is 0 Å². The van der Waals surface area contributed by atoms with Gasteiger partial charge in [0.15, 0.2) is 0 Å². The predicted octanol–water partition coefficient (Wildman–Crippen LogP) is 26.0. The van der Waals surface area contributed by atoms with E-state index in [1.54, 1.807) is 48.6 Å². The number of unbranched alkanes of at least 4 members (excludes halogenated alkanes) is 36. The molecule has 5 aliphatic rings. The number of alkyl halides is 2. The average Bonchev–Trinajstić information content (AvgIpc) is 0.629. The molecule has 17 rings (SSSR count). The van der Waals surface area contributed by atoms with Crippen LogP contribution in [0.2, 0.25) is 0 Å². The minimum absolute atomic E-state index is 0.00535. The summed E-state index contributed by atoms with van der Waals surface area (Å²) >= 11 is 19.1. The summed E-state index contributed by atoms with van der Waals surface area (Å²) in [5.41, 5.74) is -5.21. The van der Waals surface area contributed by atoms with Crippen molar-refractivity contribution < 1.29 is 19.2 Å². The number of aromatic nitrogens is 4. The Kier molecular flexibility index (Phi) is 31.5. The van der Waals surface area contributed by atoms with Crippen molar-refractivity contribution in [3.05, 3.63) is 174 Å². The fraction of sp³-hybridized carbons (Fsp3) is 0.576. The van der Waals surface area contributed by atoms with E-state index in [2.05, 4.69) is 55.4 Å². The molecule has 6 heterocycles. The second kappa shape index (κ2) is 43.5. The molecule has 0 spiro atoms.